The Labute approximate surface area is 90.7 Å². The topological polar surface area (TPSA) is 30.0 Å². The average Bonchev–Trinajstić information content (AvgIpc) is 2.19. The third-order valence-electron chi connectivity index (χ3n) is 2.16. The van der Waals surface area contributed by atoms with E-state index < -0.39 is 5.82 Å². The first-order valence-corrected chi connectivity index (χ1v) is 4.72. The van der Waals surface area contributed by atoms with E-state index in [9.17, 15) is 9.18 Å². The standard InChI is InChI=1S/C11H7ClFNO/c1-6(15)8-5-14-11-7(10(8)12)3-2-4-9(11)13/h2-5H,1H3. The van der Waals surface area contributed by atoms with Crippen molar-refractivity contribution in [3.05, 3.63) is 40.8 Å². The zero-order valence-electron chi connectivity index (χ0n) is 7.92. The lowest BCUT2D eigenvalue weighted by Gasteiger charge is -2.04. The molecule has 0 aliphatic carbocycles. The van der Waals surface area contributed by atoms with Crippen LogP contribution in [0, 0.1) is 5.82 Å². The highest BCUT2D eigenvalue weighted by molar-refractivity contribution is 6.38. The molecule has 1 aromatic carbocycles. The number of rotatable bonds is 1. The van der Waals surface area contributed by atoms with Gasteiger partial charge in [-0.2, -0.15) is 0 Å². The molecule has 0 spiro atoms. The molecule has 2 aromatic rings. The maximum absolute atomic E-state index is 13.3. The van der Waals surface area contributed by atoms with Gasteiger partial charge >= 0.3 is 0 Å². The van der Waals surface area contributed by atoms with E-state index in [-0.39, 0.29) is 16.3 Å². The Balaban J connectivity index is 2.86. The fourth-order valence-corrected chi connectivity index (χ4v) is 1.73. The van der Waals surface area contributed by atoms with Crippen molar-refractivity contribution in [2.24, 2.45) is 0 Å². The van der Waals surface area contributed by atoms with Crippen LogP contribution < -0.4 is 0 Å². The summed E-state index contributed by atoms with van der Waals surface area (Å²) < 4.78 is 13.3. The van der Waals surface area contributed by atoms with Gasteiger partial charge in [-0.15, -0.1) is 0 Å². The van der Waals surface area contributed by atoms with E-state index in [4.69, 9.17) is 11.6 Å². The van der Waals surface area contributed by atoms with Gasteiger partial charge in [0, 0.05) is 11.6 Å². The molecule has 0 fully saturated rings. The Morgan fingerprint density at radius 3 is 2.87 bits per heavy atom. The molecular weight excluding hydrogens is 217 g/mol. The van der Waals surface area contributed by atoms with Gasteiger partial charge in [0.25, 0.3) is 0 Å². The summed E-state index contributed by atoms with van der Waals surface area (Å²) in [4.78, 5) is 15.1. The van der Waals surface area contributed by atoms with Crippen molar-refractivity contribution in [3.8, 4) is 0 Å². The van der Waals surface area contributed by atoms with Crippen LogP contribution in [0.2, 0.25) is 5.02 Å². The van der Waals surface area contributed by atoms with E-state index in [0.717, 1.165) is 0 Å². The van der Waals surface area contributed by atoms with Gasteiger partial charge in [-0.1, -0.05) is 23.7 Å². The van der Waals surface area contributed by atoms with Crippen LogP contribution in [0.25, 0.3) is 10.9 Å². The van der Waals surface area contributed by atoms with Crippen molar-refractivity contribution in [3.63, 3.8) is 0 Å². The van der Waals surface area contributed by atoms with Crippen LogP contribution in [0.15, 0.2) is 24.4 Å². The summed E-state index contributed by atoms with van der Waals surface area (Å²) in [6.07, 6.45) is 1.30. The highest BCUT2D eigenvalue weighted by Gasteiger charge is 2.12. The first-order chi connectivity index (χ1) is 7.11. The number of carbonyl (C=O) groups is 1. The molecule has 0 atom stereocenters. The second kappa shape index (κ2) is 3.59. The van der Waals surface area contributed by atoms with Gasteiger partial charge in [0.05, 0.1) is 10.6 Å². The lowest BCUT2D eigenvalue weighted by molar-refractivity contribution is 0.101. The van der Waals surface area contributed by atoms with Gasteiger partial charge in [-0.05, 0) is 13.0 Å². The molecule has 0 saturated heterocycles. The summed E-state index contributed by atoms with van der Waals surface area (Å²) >= 11 is 5.98. The van der Waals surface area contributed by atoms with Gasteiger partial charge in [0.2, 0.25) is 0 Å². The smallest absolute Gasteiger partial charge is 0.162 e. The molecule has 0 radical (unpaired) electrons. The van der Waals surface area contributed by atoms with E-state index in [1.807, 2.05) is 0 Å². The van der Waals surface area contributed by atoms with E-state index in [1.54, 1.807) is 6.07 Å². The highest BCUT2D eigenvalue weighted by Crippen LogP contribution is 2.27. The number of benzene rings is 1. The fourth-order valence-electron chi connectivity index (χ4n) is 1.40. The Hall–Kier alpha value is -1.48. The molecule has 1 aromatic heterocycles. The normalized spacial score (nSPS) is 10.6. The molecule has 0 saturated carbocycles. The quantitative estimate of drug-likeness (QED) is 0.695. The van der Waals surface area contributed by atoms with E-state index in [0.29, 0.717) is 10.9 Å². The zero-order valence-corrected chi connectivity index (χ0v) is 8.68. The molecule has 0 N–H and O–H groups in total. The van der Waals surface area contributed by atoms with E-state index in [1.165, 1.54) is 25.3 Å². The molecule has 0 amide bonds. The number of carbonyl (C=O) groups excluding carboxylic acids is 1. The van der Waals surface area contributed by atoms with Crippen LogP contribution >= 0.6 is 11.6 Å². The van der Waals surface area contributed by atoms with Crippen molar-refractivity contribution in [2.45, 2.75) is 6.92 Å². The van der Waals surface area contributed by atoms with E-state index >= 15 is 0 Å². The second-order valence-electron chi connectivity index (χ2n) is 3.18. The number of fused-ring (bicyclic) bond motifs is 1. The monoisotopic (exact) mass is 223 g/mol. The molecule has 2 rings (SSSR count). The predicted octanol–water partition coefficient (Wildman–Crippen LogP) is 3.23. The zero-order chi connectivity index (χ0) is 11.0. The third-order valence-corrected chi connectivity index (χ3v) is 2.57. The Morgan fingerprint density at radius 2 is 2.20 bits per heavy atom. The van der Waals surface area contributed by atoms with Gasteiger partial charge in [-0.3, -0.25) is 9.78 Å². The molecule has 0 unspecified atom stereocenters. The summed E-state index contributed by atoms with van der Waals surface area (Å²) in [6, 6.07) is 4.48. The fraction of sp³-hybridized carbons (Fsp3) is 0.0909. The van der Waals surface area contributed by atoms with Gasteiger partial charge in [0.15, 0.2) is 5.78 Å². The van der Waals surface area contributed by atoms with Gasteiger partial charge in [0.1, 0.15) is 11.3 Å². The molecular formula is C11H7ClFNO. The minimum atomic E-state index is -0.440. The molecule has 0 aliphatic heterocycles. The lowest BCUT2D eigenvalue weighted by Crippen LogP contribution is -1.96. The van der Waals surface area contributed by atoms with Crippen molar-refractivity contribution in [1.29, 1.82) is 0 Å². The van der Waals surface area contributed by atoms with Crippen LogP contribution in [-0.4, -0.2) is 10.8 Å². The Morgan fingerprint density at radius 1 is 1.47 bits per heavy atom. The van der Waals surface area contributed by atoms with Crippen LogP contribution in [0.4, 0.5) is 4.39 Å². The molecule has 0 bridgehead atoms. The first kappa shape index (κ1) is 10.1. The lowest BCUT2D eigenvalue weighted by atomic mass is 10.1. The number of nitrogens with zero attached hydrogens (tertiary/aromatic N) is 1. The summed E-state index contributed by atoms with van der Waals surface area (Å²) in [5, 5.41) is 0.719. The highest BCUT2D eigenvalue weighted by atomic mass is 35.5. The number of hydrogen-bond acceptors (Lipinski definition) is 2. The third kappa shape index (κ3) is 1.59. The maximum atomic E-state index is 13.3. The van der Waals surface area contributed by atoms with Crippen LogP contribution in [0.5, 0.6) is 0 Å². The van der Waals surface area contributed by atoms with Crippen LogP contribution in [0.1, 0.15) is 17.3 Å². The average molecular weight is 224 g/mol. The summed E-state index contributed by atoms with van der Waals surface area (Å²) in [7, 11) is 0. The molecule has 4 heteroatoms. The number of aromatic nitrogens is 1. The van der Waals surface area contributed by atoms with Crippen LogP contribution in [0.3, 0.4) is 0 Å². The molecule has 0 aliphatic rings. The second-order valence-corrected chi connectivity index (χ2v) is 3.56. The van der Waals surface area contributed by atoms with Crippen molar-refractivity contribution in [2.75, 3.05) is 0 Å². The van der Waals surface area contributed by atoms with Crippen molar-refractivity contribution >= 4 is 28.3 Å². The number of para-hydroxylation sites is 1. The first-order valence-electron chi connectivity index (χ1n) is 4.35. The van der Waals surface area contributed by atoms with Gasteiger partial charge < -0.3 is 0 Å². The maximum Gasteiger partial charge on any atom is 0.162 e. The minimum absolute atomic E-state index is 0.182. The van der Waals surface area contributed by atoms with Crippen LogP contribution in [-0.2, 0) is 0 Å². The number of halogens is 2. The number of ketones is 1. The van der Waals surface area contributed by atoms with Crippen molar-refractivity contribution < 1.29 is 9.18 Å². The molecule has 1 heterocycles. The summed E-state index contributed by atoms with van der Waals surface area (Å²) in [6.45, 7) is 1.40. The number of Topliss-reactive ketones (excluding diaryl/α,β-unsaturated/α-hetero) is 1. The van der Waals surface area contributed by atoms with E-state index in [2.05, 4.69) is 4.98 Å². The van der Waals surface area contributed by atoms with Gasteiger partial charge in [-0.25, -0.2) is 4.39 Å². The number of hydrogen-bond donors (Lipinski definition) is 0. The van der Waals surface area contributed by atoms with Crippen molar-refractivity contribution in [1.82, 2.24) is 4.98 Å². The Bertz CT molecular complexity index is 554. The minimum Gasteiger partial charge on any atom is -0.294 e. The molecule has 76 valence electrons. The summed E-state index contributed by atoms with van der Waals surface area (Å²) in [5.74, 6) is -0.622. The predicted molar refractivity (Wildman–Crippen MR) is 56.7 cm³/mol. The largest absolute Gasteiger partial charge is 0.294 e. The Kier molecular flexibility index (Phi) is 2.40. The molecule has 15 heavy (non-hydrogen) atoms. The summed E-state index contributed by atoms with van der Waals surface area (Å²) in [5.41, 5.74) is 0.502. The molecule has 2 nitrogen and oxygen atoms in total. The number of pyridine rings is 1. The SMILES string of the molecule is CC(=O)c1cnc2c(F)cccc2c1Cl.